The molecule has 0 aliphatic carbocycles. The smallest absolute Gasteiger partial charge is 0.337 e. The predicted octanol–water partition coefficient (Wildman–Crippen LogP) is 3.08. The standard InChI is InChI=1S/C14H13NO3S/c1-18-12-3-2-4-13(7-12)19-9-11-6-5-10(8-15-11)14(16)17/h2-8H,9H2,1H3,(H,16,17). The van der Waals surface area contributed by atoms with Crippen LogP contribution in [0.3, 0.4) is 0 Å². The molecular formula is C14H13NO3S. The first kappa shape index (κ1) is 13.4. The molecule has 0 saturated carbocycles. The van der Waals surface area contributed by atoms with Crippen molar-refractivity contribution in [1.82, 2.24) is 4.98 Å². The minimum Gasteiger partial charge on any atom is -0.497 e. The van der Waals surface area contributed by atoms with Crippen LogP contribution < -0.4 is 4.74 Å². The molecule has 0 aliphatic heterocycles. The van der Waals surface area contributed by atoms with Crippen molar-refractivity contribution in [2.45, 2.75) is 10.6 Å². The first-order chi connectivity index (χ1) is 9.19. The van der Waals surface area contributed by atoms with Crippen molar-refractivity contribution in [2.75, 3.05) is 7.11 Å². The van der Waals surface area contributed by atoms with Gasteiger partial charge in [0.15, 0.2) is 0 Å². The van der Waals surface area contributed by atoms with Crippen LogP contribution in [0.2, 0.25) is 0 Å². The van der Waals surface area contributed by atoms with Gasteiger partial charge in [0.25, 0.3) is 0 Å². The van der Waals surface area contributed by atoms with Crippen molar-refractivity contribution in [3.05, 3.63) is 53.9 Å². The van der Waals surface area contributed by atoms with Gasteiger partial charge < -0.3 is 9.84 Å². The average molecular weight is 275 g/mol. The van der Waals surface area contributed by atoms with Crippen LogP contribution in [0.4, 0.5) is 0 Å². The highest BCUT2D eigenvalue weighted by atomic mass is 32.2. The van der Waals surface area contributed by atoms with Crippen LogP contribution in [0.15, 0.2) is 47.5 Å². The molecule has 0 amide bonds. The zero-order valence-corrected chi connectivity index (χ0v) is 11.2. The molecule has 5 heteroatoms. The van der Waals surface area contributed by atoms with Gasteiger partial charge in [-0.2, -0.15) is 0 Å². The number of aromatic nitrogens is 1. The number of methoxy groups -OCH3 is 1. The molecule has 0 radical (unpaired) electrons. The number of benzene rings is 1. The Morgan fingerprint density at radius 2 is 2.21 bits per heavy atom. The zero-order valence-electron chi connectivity index (χ0n) is 10.4. The van der Waals surface area contributed by atoms with Gasteiger partial charge in [0, 0.05) is 16.8 Å². The van der Waals surface area contributed by atoms with Gasteiger partial charge >= 0.3 is 5.97 Å². The highest BCUT2D eigenvalue weighted by molar-refractivity contribution is 7.98. The summed E-state index contributed by atoms with van der Waals surface area (Å²) in [6, 6.07) is 11.1. The Kier molecular flexibility index (Phi) is 4.41. The summed E-state index contributed by atoms with van der Waals surface area (Å²) in [5, 5.41) is 8.78. The Morgan fingerprint density at radius 1 is 1.37 bits per heavy atom. The maximum Gasteiger partial charge on any atom is 0.337 e. The second-order valence-corrected chi connectivity index (χ2v) is 4.86. The molecule has 0 spiro atoms. The fourth-order valence-corrected chi connectivity index (χ4v) is 2.34. The average Bonchev–Trinajstić information content (AvgIpc) is 2.46. The van der Waals surface area contributed by atoms with Gasteiger partial charge in [-0.05, 0) is 30.3 Å². The molecule has 0 unspecified atom stereocenters. The lowest BCUT2D eigenvalue weighted by molar-refractivity contribution is 0.0696. The molecule has 1 N–H and O–H groups in total. The zero-order chi connectivity index (χ0) is 13.7. The lowest BCUT2D eigenvalue weighted by atomic mass is 10.2. The number of pyridine rings is 1. The van der Waals surface area contributed by atoms with E-state index in [9.17, 15) is 4.79 Å². The SMILES string of the molecule is COc1cccc(SCc2ccc(C(=O)O)cn2)c1. The third-order valence-corrected chi connectivity index (χ3v) is 3.53. The molecule has 1 aromatic heterocycles. The minimum atomic E-state index is -0.959. The van der Waals surface area contributed by atoms with Gasteiger partial charge in [-0.3, -0.25) is 4.98 Å². The number of carboxylic acids is 1. The van der Waals surface area contributed by atoms with Crippen LogP contribution in [0.5, 0.6) is 5.75 Å². The van der Waals surface area contributed by atoms with Crippen molar-refractivity contribution < 1.29 is 14.6 Å². The second-order valence-electron chi connectivity index (χ2n) is 3.81. The number of hydrogen-bond acceptors (Lipinski definition) is 4. The summed E-state index contributed by atoms with van der Waals surface area (Å²) in [4.78, 5) is 15.9. The van der Waals surface area contributed by atoms with E-state index < -0.39 is 5.97 Å². The number of ether oxygens (including phenoxy) is 1. The quantitative estimate of drug-likeness (QED) is 0.850. The maximum atomic E-state index is 10.7. The lowest BCUT2D eigenvalue weighted by Crippen LogP contribution is -1.98. The Balaban J connectivity index is 1.99. The second kappa shape index (κ2) is 6.24. The number of thioether (sulfide) groups is 1. The number of carboxylic acid groups (broad SMARTS) is 1. The van der Waals surface area contributed by atoms with Crippen molar-refractivity contribution >= 4 is 17.7 Å². The van der Waals surface area contributed by atoms with E-state index in [2.05, 4.69) is 4.98 Å². The summed E-state index contributed by atoms with van der Waals surface area (Å²) in [5.41, 5.74) is 1.05. The van der Waals surface area contributed by atoms with E-state index in [1.54, 1.807) is 31.0 Å². The van der Waals surface area contributed by atoms with Gasteiger partial charge in [-0.1, -0.05) is 6.07 Å². The molecule has 0 atom stereocenters. The monoisotopic (exact) mass is 275 g/mol. The summed E-state index contributed by atoms with van der Waals surface area (Å²) in [6.07, 6.45) is 1.38. The number of aromatic carboxylic acids is 1. The first-order valence-electron chi connectivity index (χ1n) is 5.64. The molecule has 1 heterocycles. The highest BCUT2D eigenvalue weighted by Gasteiger charge is 2.03. The Hall–Kier alpha value is -2.01. The van der Waals surface area contributed by atoms with Crippen LogP contribution in [0.25, 0.3) is 0 Å². The van der Waals surface area contributed by atoms with Gasteiger partial charge in [0.2, 0.25) is 0 Å². The van der Waals surface area contributed by atoms with E-state index in [0.29, 0.717) is 5.75 Å². The van der Waals surface area contributed by atoms with Crippen molar-refractivity contribution in [3.8, 4) is 5.75 Å². The topological polar surface area (TPSA) is 59.4 Å². The number of hydrogen-bond donors (Lipinski definition) is 1. The van der Waals surface area contributed by atoms with Crippen LogP contribution in [-0.2, 0) is 5.75 Å². The number of nitrogens with zero attached hydrogens (tertiary/aromatic N) is 1. The lowest BCUT2D eigenvalue weighted by Gasteiger charge is -2.04. The Labute approximate surface area is 115 Å². The molecule has 2 rings (SSSR count). The maximum absolute atomic E-state index is 10.7. The van der Waals surface area contributed by atoms with Crippen LogP contribution in [-0.4, -0.2) is 23.2 Å². The Bertz CT molecular complexity index is 569. The molecule has 98 valence electrons. The molecule has 0 saturated heterocycles. The summed E-state index contributed by atoms with van der Waals surface area (Å²) < 4.78 is 5.15. The third kappa shape index (κ3) is 3.72. The van der Waals surface area contributed by atoms with Gasteiger partial charge in [0.1, 0.15) is 5.75 Å². The molecule has 2 aromatic rings. The van der Waals surface area contributed by atoms with Gasteiger partial charge in [-0.25, -0.2) is 4.79 Å². The summed E-state index contributed by atoms with van der Waals surface area (Å²) in [7, 11) is 1.63. The van der Waals surface area contributed by atoms with Crippen molar-refractivity contribution in [3.63, 3.8) is 0 Å². The van der Waals surface area contributed by atoms with Crippen molar-refractivity contribution in [1.29, 1.82) is 0 Å². The third-order valence-electron chi connectivity index (χ3n) is 2.50. The molecule has 0 bridgehead atoms. The predicted molar refractivity (Wildman–Crippen MR) is 73.8 cm³/mol. The first-order valence-corrected chi connectivity index (χ1v) is 6.62. The highest BCUT2D eigenvalue weighted by Crippen LogP contribution is 2.25. The number of carbonyl (C=O) groups is 1. The van der Waals surface area contributed by atoms with Gasteiger partial charge in [0.05, 0.1) is 18.4 Å². The summed E-state index contributed by atoms with van der Waals surface area (Å²) >= 11 is 1.63. The van der Waals surface area contributed by atoms with E-state index in [1.807, 2.05) is 24.3 Å². The fourth-order valence-electron chi connectivity index (χ4n) is 1.48. The van der Waals surface area contributed by atoms with E-state index in [1.165, 1.54) is 6.20 Å². The minimum absolute atomic E-state index is 0.204. The van der Waals surface area contributed by atoms with E-state index >= 15 is 0 Å². The molecule has 4 nitrogen and oxygen atoms in total. The fraction of sp³-hybridized carbons (Fsp3) is 0.143. The number of rotatable bonds is 5. The van der Waals surface area contributed by atoms with Gasteiger partial charge in [-0.15, -0.1) is 11.8 Å². The summed E-state index contributed by atoms with van der Waals surface area (Å²) in [5.74, 6) is 0.547. The van der Waals surface area contributed by atoms with E-state index in [0.717, 1.165) is 16.3 Å². The largest absolute Gasteiger partial charge is 0.497 e. The molecule has 1 aromatic carbocycles. The van der Waals surface area contributed by atoms with E-state index in [-0.39, 0.29) is 5.56 Å². The van der Waals surface area contributed by atoms with Crippen LogP contribution in [0.1, 0.15) is 16.1 Å². The molecular weight excluding hydrogens is 262 g/mol. The Morgan fingerprint density at radius 3 is 2.84 bits per heavy atom. The summed E-state index contributed by atoms with van der Waals surface area (Å²) in [6.45, 7) is 0. The van der Waals surface area contributed by atoms with Crippen molar-refractivity contribution in [2.24, 2.45) is 0 Å². The molecule has 19 heavy (non-hydrogen) atoms. The molecule has 0 aliphatic rings. The van der Waals surface area contributed by atoms with Crippen LogP contribution >= 0.6 is 11.8 Å². The van der Waals surface area contributed by atoms with Crippen LogP contribution in [0, 0.1) is 0 Å². The normalized spacial score (nSPS) is 10.2. The van der Waals surface area contributed by atoms with E-state index in [4.69, 9.17) is 9.84 Å². The molecule has 0 fully saturated rings.